The Morgan fingerprint density at radius 3 is 2.74 bits per heavy atom. The van der Waals surface area contributed by atoms with Gasteiger partial charge in [-0.15, -0.1) is 11.3 Å². The number of rotatable bonds is 5. The maximum atomic E-state index is 12.5. The molecule has 3 rings (SSSR count). The minimum Gasteiger partial charge on any atom is -0.338 e. The molecule has 2 heterocycles. The lowest BCUT2D eigenvalue weighted by Crippen LogP contribution is -2.31. The smallest absolute Gasteiger partial charge is 0.338 e. The van der Waals surface area contributed by atoms with Crippen LogP contribution in [0.25, 0.3) is 10.7 Å². The van der Waals surface area contributed by atoms with Crippen LogP contribution >= 0.6 is 11.3 Å². The molecule has 0 aliphatic heterocycles. The molecule has 9 heteroatoms. The first-order chi connectivity index (χ1) is 10.9. The Hall–Kier alpha value is -1.90. The summed E-state index contributed by atoms with van der Waals surface area (Å²) in [7, 11) is 0. The van der Waals surface area contributed by atoms with E-state index in [1.165, 1.54) is 11.3 Å². The zero-order chi connectivity index (χ0) is 16.6. The number of alkyl halides is 3. The number of hydrogen-bond acceptors (Lipinski definition) is 5. The van der Waals surface area contributed by atoms with Crippen LogP contribution in [-0.2, 0) is 17.5 Å². The highest BCUT2D eigenvalue weighted by molar-refractivity contribution is 7.15. The molecule has 0 N–H and O–H groups in total. The van der Waals surface area contributed by atoms with Gasteiger partial charge in [-0.1, -0.05) is 5.16 Å². The minimum absolute atomic E-state index is 0.0925. The number of nitrogens with zero attached hydrogens (tertiary/aromatic N) is 3. The van der Waals surface area contributed by atoms with Gasteiger partial charge in [0.1, 0.15) is 0 Å². The van der Waals surface area contributed by atoms with Crippen LogP contribution in [0.3, 0.4) is 0 Å². The van der Waals surface area contributed by atoms with Gasteiger partial charge in [-0.3, -0.25) is 4.79 Å². The van der Waals surface area contributed by atoms with Crippen LogP contribution in [0.2, 0.25) is 0 Å². The molecule has 0 atom stereocenters. The summed E-state index contributed by atoms with van der Waals surface area (Å²) in [5.41, 5.74) is 0. The predicted molar refractivity (Wildman–Crippen MR) is 76.4 cm³/mol. The van der Waals surface area contributed by atoms with Crippen molar-refractivity contribution in [3.05, 3.63) is 22.9 Å². The number of aromatic nitrogens is 2. The Labute approximate surface area is 134 Å². The van der Waals surface area contributed by atoms with E-state index in [9.17, 15) is 18.0 Å². The summed E-state index contributed by atoms with van der Waals surface area (Å²) in [6.07, 6.45) is -2.77. The molecule has 2 aromatic heterocycles. The second kappa shape index (κ2) is 5.95. The molecule has 0 aromatic carbocycles. The van der Waals surface area contributed by atoms with Gasteiger partial charge in [0, 0.05) is 17.3 Å². The standard InChI is InChI=1S/C14H14F3N3O2S/c1-2-20(12(21)8-3-4-8)7-9-5-6-10(23-9)11-18-13(22-19-11)14(15,16)17/h5-6,8H,2-4,7H2,1H3. The van der Waals surface area contributed by atoms with E-state index >= 15 is 0 Å². The summed E-state index contributed by atoms with van der Waals surface area (Å²) < 4.78 is 41.6. The van der Waals surface area contributed by atoms with Crippen molar-refractivity contribution >= 4 is 17.2 Å². The van der Waals surface area contributed by atoms with Gasteiger partial charge in [0.2, 0.25) is 11.7 Å². The van der Waals surface area contributed by atoms with E-state index in [1.54, 1.807) is 17.0 Å². The highest BCUT2D eigenvalue weighted by Gasteiger charge is 2.38. The first-order valence-electron chi connectivity index (χ1n) is 7.17. The highest BCUT2D eigenvalue weighted by atomic mass is 32.1. The molecule has 0 spiro atoms. The monoisotopic (exact) mass is 345 g/mol. The zero-order valence-corrected chi connectivity index (χ0v) is 13.1. The summed E-state index contributed by atoms with van der Waals surface area (Å²) in [5, 5.41) is 3.36. The molecule has 1 saturated carbocycles. The maximum Gasteiger partial charge on any atom is 0.471 e. The zero-order valence-electron chi connectivity index (χ0n) is 12.3. The Morgan fingerprint density at radius 1 is 1.43 bits per heavy atom. The molecule has 2 aromatic rings. The summed E-state index contributed by atoms with van der Waals surface area (Å²) in [6.45, 7) is 2.95. The van der Waals surface area contributed by atoms with Crippen molar-refractivity contribution in [3.63, 3.8) is 0 Å². The van der Waals surface area contributed by atoms with Crippen molar-refractivity contribution in [2.45, 2.75) is 32.5 Å². The quantitative estimate of drug-likeness (QED) is 0.831. The topological polar surface area (TPSA) is 59.2 Å². The summed E-state index contributed by atoms with van der Waals surface area (Å²) in [6, 6.07) is 3.41. The van der Waals surface area contributed by atoms with E-state index in [-0.39, 0.29) is 17.6 Å². The SMILES string of the molecule is CCN(Cc1ccc(-c2noc(C(F)(F)F)n2)s1)C(=O)C1CC1. The third kappa shape index (κ3) is 3.54. The largest absolute Gasteiger partial charge is 0.471 e. The van der Waals surface area contributed by atoms with Crippen molar-refractivity contribution in [3.8, 4) is 10.7 Å². The van der Waals surface area contributed by atoms with Crippen LogP contribution < -0.4 is 0 Å². The Morgan fingerprint density at radius 2 is 2.17 bits per heavy atom. The Bertz CT molecular complexity index is 706. The number of halogens is 3. The van der Waals surface area contributed by atoms with Gasteiger partial charge in [-0.2, -0.15) is 18.2 Å². The summed E-state index contributed by atoms with van der Waals surface area (Å²) in [4.78, 5) is 18.6. The molecule has 1 amide bonds. The molecule has 0 saturated heterocycles. The van der Waals surface area contributed by atoms with Crippen LogP contribution in [0.5, 0.6) is 0 Å². The molecule has 1 fully saturated rings. The fourth-order valence-corrected chi connectivity index (χ4v) is 3.09. The molecule has 0 radical (unpaired) electrons. The number of carbonyl (C=O) groups is 1. The van der Waals surface area contributed by atoms with Crippen molar-refractivity contribution in [2.24, 2.45) is 5.92 Å². The average molecular weight is 345 g/mol. The molecular formula is C14H14F3N3O2S. The molecule has 0 unspecified atom stereocenters. The van der Waals surface area contributed by atoms with Gasteiger partial charge in [0.15, 0.2) is 0 Å². The van der Waals surface area contributed by atoms with E-state index in [0.717, 1.165) is 17.7 Å². The molecule has 1 aliphatic carbocycles. The number of thiophene rings is 1. The van der Waals surface area contributed by atoms with Gasteiger partial charge >= 0.3 is 12.1 Å². The normalized spacial score (nSPS) is 15.0. The maximum absolute atomic E-state index is 12.5. The lowest BCUT2D eigenvalue weighted by molar-refractivity contribution is -0.159. The minimum atomic E-state index is -4.65. The Kier molecular flexibility index (Phi) is 4.13. The second-order valence-corrected chi connectivity index (χ2v) is 6.48. The van der Waals surface area contributed by atoms with Crippen molar-refractivity contribution in [2.75, 3.05) is 6.54 Å². The third-order valence-corrected chi connectivity index (χ3v) is 4.58. The summed E-state index contributed by atoms with van der Waals surface area (Å²) >= 11 is 1.26. The second-order valence-electron chi connectivity index (χ2n) is 5.31. The van der Waals surface area contributed by atoms with Crippen LogP contribution in [0, 0.1) is 5.92 Å². The average Bonchev–Trinajstić information content (AvgIpc) is 3.03. The van der Waals surface area contributed by atoms with E-state index in [4.69, 9.17) is 0 Å². The first kappa shape index (κ1) is 16.0. The van der Waals surface area contributed by atoms with Crippen molar-refractivity contribution in [1.82, 2.24) is 15.0 Å². The highest BCUT2D eigenvalue weighted by Crippen LogP contribution is 2.34. The van der Waals surface area contributed by atoms with Gasteiger partial charge in [-0.25, -0.2) is 0 Å². The lowest BCUT2D eigenvalue weighted by atomic mass is 10.3. The van der Waals surface area contributed by atoms with Crippen LogP contribution in [-0.4, -0.2) is 27.5 Å². The Balaban J connectivity index is 1.72. The van der Waals surface area contributed by atoms with E-state index in [2.05, 4.69) is 14.7 Å². The molecule has 5 nitrogen and oxygen atoms in total. The van der Waals surface area contributed by atoms with Crippen molar-refractivity contribution < 1.29 is 22.5 Å². The first-order valence-corrected chi connectivity index (χ1v) is 7.99. The molecular weight excluding hydrogens is 331 g/mol. The lowest BCUT2D eigenvalue weighted by Gasteiger charge is -2.19. The van der Waals surface area contributed by atoms with E-state index in [1.807, 2.05) is 6.92 Å². The molecule has 1 aliphatic rings. The van der Waals surface area contributed by atoms with Gasteiger partial charge in [-0.05, 0) is 31.9 Å². The van der Waals surface area contributed by atoms with Gasteiger partial charge in [0.05, 0.1) is 11.4 Å². The van der Waals surface area contributed by atoms with Crippen LogP contribution in [0.1, 0.15) is 30.5 Å². The van der Waals surface area contributed by atoms with Crippen LogP contribution in [0.4, 0.5) is 13.2 Å². The molecule has 124 valence electrons. The summed E-state index contributed by atoms with van der Waals surface area (Å²) in [5.74, 6) is -1.17. The van der Waals surface area contributed by atoms with Crippen LogP contribution in [0.15, 0.2) is 16.7 Å². The van der Waals surface area contributed by atoms with Gasteiger partial charge < -0.3 is 9.42 Å². The van der Waals surface area contributed by atoms with E-state index < -0.39 is 12.1 Å². The molecule has 0 bridgehead atoms. The predicted octanol–water partition coefficient (Wildman–Crippen LogP) is 3.58. The van der Waals surface area contributed by atoms with E-state index in [0.29, 0.717) is 18.0 Å². The number of hydrogen-bond donors (Lipinski definition) is 0. The fraction of sp³-hybridized carbons (Fsp3) is 0.500. The third-order valence-electron chi connectivity index (χ3n) is 3.52. The number of carbonyl (C=O) groups excluding carboxylic acids is 1. The fourth-order valence-electron chi connectivity index (χ4n) is 2.14. The molecule has 23 heavy (non-hydrogen) atoms. The van der Waals surface area contributed by atoms with Crippen molar-refractivity contribution in [1.29, 1.82) is 0 Å². The van der Waals surface area contributed by atoms with Gasteiger partial charge in [0.25, 0.3) is 0 Å². The number of amides is 1.